The van der Waals surface area contributed by atoms with Crippen LogP contribution in [0.3, 0.4) is 0 Å². The van der Waals surface area contributed by atoms with Gasteiger partial charge in [0.1, 0.15) is 5.82 Å². The molecule has 2 aromatic rings. The zero-order valence-electron chi connectivity index (χ0n) is 14.7. The minimum Gasteiger partial charge on any atom is -0.368 e. The number of anilines is 1. The van der Waals surface area contributed by atoms with Crippen LogP contribution < -0.4 is 10.2 Å². The van der Waals surface area contributed by atoms with E-state index < -0.39 is 0 Å². The van der Waals surface area contributed by atoms with Crippen molar-refractivity contribution in [1.82, 2.24) is 20.4 Å². The summed E-state index contributed by atoms with van der Waals surface area (Å²) in [6.45, 7) is 4.78. The number of rotatable bonds is 3. The molecule has 2 aliphatic rings. The van der Waals surface area contributed by atoms with Crippen molar-refractivity contribution in [2.75, 3.05) is 44.2 Å². The summed E-state index contributed by atoms with van der Waals surface area (Å²) in [5.74, 6) is 0.206. The Morgan fingerprint density at radius 1 is 1.08 bits per heavy atom. The molecule has 2 saturated heterocycles. The zero-order chi connectivity index (χ0) is 17.9. The van der Waals surface area contributed by atoms with Gasteiger partial charge in [-0.2, -0.15) is 5.10 Å². The second kappa shape index (κ2) is 7.45. The number of aromatic amines is 1. The van der Waals surface area contributed by atoms with E-state index in [-0.39, 0.29) is 11.7 Å². The highest BCUT2D eigenvalue weighted by Gasteiger charge is 2.28. The van der Waals surface area contributed by atoms with Crippen LogP contribution in [-0.4, -0.2) is 60.3 Å². The van der Waals surface area contributed by atoms with E-state index in [0.29, 0.717) is 24.6 Å². The normalized spacial score (nSPS) is 19.0. The van der Waals surface area contributed by atoms with Gasteiger partial charge in [0.2, 0.25) is 0 Å². The summed E-state index contributed by atoms with van der Waals surface area (Å²) in [6.07, 6.45) is 3.73. The minimum atomic E-state index is -0.229. The molecule has 2 aliphatic heterocycles. The summed E-state index contributed by atoms with van der Waals surface area (Å²) in [6, 6.07) is 6.53. The molecule has 0 unspecified atom stereocenters. The first kappa shape index (κ1) is 17.0. The molecule has 1 aromatic heterocycles. The van der Waals surface area contributed by atoms with Gasteiger partial charge in [-0.3, -0.25) is 9.89 Å². The molecule has 1 aromatic carbocycles. The van der Waals surface area contributed by atoms with Gasteiger partial charge in [0.25, 0.3) is 5.91 Å². The van der Waals surface area contributed by atoms with Crippen molar-refractivity contribution >= 4 is 11.6 Å². The Bertz CT molecular complexity index is 746. The molecule has 7 heteroatoms. The lowest BCUT2D eigenvalue weighted by molar-refractivity contribution is 0.0745. The van der Waals surface area contributed by atoms with Crippen LogP contribution in [0, 0.1) is 5.82 Å². The fourth-order valence-electron chi connectivity index (χ4n) is 3.88. The van der Waals surface area contributed by atoms with Gasteiger partial charge >= 0.3 is 0 Å². The van der Waals surface area contributed by atoms with Gasteiger partial charge in [0.15, 0.2) is 0 Å². The summed E-state index contributed by atoms with van der Waals surface area (Å²) >= 11 is 0. The zero-order valence-corrected chi connectivity index (χ0v) is 14.7. The van der Waals surface area contributed by atoms with Gasteiger partial charge < -0.3 is 15.1 Å². The van der Waals surface area contributed by atoms with Crippen LogP contribution in [-0.2, 0) is 0 Å². The van der Waals surface area contributed by atoms with Crippen LogP contribution in [0.15, 0.2) is 30.5 Å². The van der Waals surface area contributed by atoms with E-state index in [2.05, 4.69) is 20.4 Å². The monoisotopic (exact) mass is 357 g/mol. The Morgan fingerprint density at radius 2 is 1.77 bits per heavy atom. The van der Waals surface area contributed by atoms with Gasteiger partial charge in [0.05, 0.1) is 17.5 Å². The molecule has 4 rings (SSSR count). The number of piperazine rings is 1. The van der Waals surface area contributed by atoms with Crippen molar-refractivity contribution in [3.05, 3.63) is 47.5 Å². The van der Waals surface area contributed by atoms with Crippen LogP contribution in [0.4, 0.5) is 10.1 Å². The molecule has 0 saturated carbocycles. The molecule has 0 radical (unpaired) electrons. The van der Waals surface area contributed by atoms with Crippen LogP contribution >= 0.6 is 0 Å². The van der Waals surface area contributed by atoms with E-state index in [1.807, 2.05) is 4.90 Å². The Kier molecular flexibility index (Phi) is 4.88. The number of halogens is 1. The smallest absolute Gasteiger partial charge is 0.257 e. The van der Waals surface area contributed by atoms with Gasteiger partial charge in [-0.1, -0.05) is 0 Å². The Balaban J connectivity index is 1.41. The molecule has 1 amide bonds. The van der Waals surface area contributed by atoms with E-state index in [4.69, 9.17) is 0 Å². The Hall–Kier alpha value is -2.41. The predicted octanol–water partition coefficient (Wildman–Crippen LogP) is 1.98. The molecule has 3 heterocycles. The quantitative estimate of drug-likeness (QED) is 0.882. The first-order valence-electron chi connectivity index (χ1n) is 9.26. The summed E-state index contributed by atoms with van der Waals surface area (Å²) in [5, 5.41) is 10.6. The van der Waals surface area contributed by atoms with E-state index in [0.717, 1.165) is 50.4 Å². The van der Waals surface area contributed by atoms with E-state index in [1.165, 1.54) is 12.1 Å². The number of amides is 1. The topological polar surface area (TPSA) is 64.3 Å². The number of nitrogens with one attached hydrogen (secondary N) is 2. The lowest BCUT2D eigenvalue weighted by Gasteiger charge is -2.36. The lowest BCUT2D eigenvalue weighted by Crippen LogP contribution is -2.49. The summed E-state index contributed by atoms with van der Waals surface area (Å²) in [4.78, 5) is 17.1. The maximum absolute atomic E-state index is 13.1. The third kappa shape index (κ3) is 3.44. The molecular weight excluding hydrogens is 333 g/mol. The number of hydrogen-bond donors (Lipinski definition) is 2. The van der Waals surface area contributed by atoms with Gasteiger partial charge in [-0.15, -0.1) is 0 Å². The minimum absolute atomic E-state index is 0.0611. The van der Waals surface area contributed by atoms with Crippen molar-refractivity contribution in [3.63, 3.8) is 0 Å². The molecular formula is C19H24FN5O. The second-order valence-corrected chi connectivity index (χ2v) is 6.98. The molecule has 6 nitrogen and oxygen atoms in total. The lowest BCUT2D eigenvalue weighted by atomic mass is 9.92. The first-order valence-corrected chi connectivity index (χ1v) is 9.26. The average Bonchev–Trinajstić information content (AvgIpc) is 3.19. The van der Waals surface area contributed by atoms with Crippen LogP contribution in [0.2, 0.25) is 0 Å². The van der Waals surface area contributed by atoms with Crippen molar-refractivity contribution in [2.24, 2.45) is 0 Å². The number of hydrogen-bond acceptors (Lipinski definition) is 4. The number of benzene rings is 1. The Labute approximate surface area is 152 Å². The van der Waals surface area contributed by atoms with Crippen molar-refractivity contribution < 1.29 is 9.18 Å². The molecule has 26 heavy (non-hydrogen) atoms. The summed E-state index contributed by atoms with van der Waals surface area (Å²) in [7, 11) is 0. The van der Waals surface area contributed by atoms with Gasteiger partial charge in [0, 0.05) is 37.8 Å². The molecule has 0 bridgehead atoms. The highest BCUT2D eigenvalue weighted by molar-refractivity contribution is 5.95. The number of nitrogens with zero attached hydrogens (tertiary/aromatic N) is 3. The molecule has 0 aliphatic carbocycles. The molecule has 2 fully saturated rings. The SMILES string of the molecule is O=C(c1cn[nH]c1C1CCNCC1)N1CCN(c2ccc(F)cc2)CC1. The molecule has 2 N–H and O–H groups in total. The van der Waals surface area contributed by atoms with Crippen molar-refractivity contribution in [1.29, 1.82) is 0 Å². The number of piperidine rings is 1. The Morgan fingerprint density at radius 3 is 2.46 bits per heavy atom. The molecule has 0 spiro atoms. The number of carbonyl (C=O) groups is 1. The maximum Gasteiger partial charge on any atom is 0.257 e. The fraction of sp³-hybridized carbons (Fsp3) is 0.474. The highest BCUT2D eigenvalue weighted by Crippen LogP contribution is 2.27. The van der Waals surface area contributed by atoms with Crippen LogP contribution in [0.25, 0.3) is 0 Å². The summed E-state index contributed by atoms with van der Waals surface area (Å²) < 4.78 is 13.1. The van der Waals surface area contributed by atoms with Gasteiger partial charge in [-0.05, 0) is 50.2 Å². The molecule has 138 valence electrons. The third-order valence-electron chi connectivity index (χ3n) is 5.41. The number of aromatic nitrogens is 2. The maximum atomic E-state index is 13.1. The largest absolute Gasteiger partial charge is 0.368 e. The van der Waals surface area contributed by atoms with Crippen molar-refractivity contribution in [2.45, 2.75) is 18.8 Å². The number of carbonyl (C=O) groups excluding carboxylic acids is 1. The van der Waals surface area contributed by atoms with E-state index in [1.54, 1.807) is 18.3 Å². The molecule has 0 atom stereocenters. The predicted molar refractivity (Wildman–Crippen MR) is 97.9 cm³/mol. The van der Waals surface area contributed by atoms with E-state index >= 15 is 0 Å². The first-order chi connectivity index (χ1) is 12.7. The second-order valence-electron chi connectivity index (χ2n) is 6.98. The summed E-state index contributed by atoms with van der Waals surface area (Å²) in [5.41, 5.74) is 2.70. The fourth-order valence-corrected chi connectivity index (χ4v) is 3.88. The van der Waals surface area contributed by atoms with Crippen LogP contribution in [0.1, 0.15) is 34.8 Å². The van der Waals surface area contributed by atoms with Crippen molar-refractivity contribution in [3.8, 4) is 0 Å². The number of H-pyrrole nitrogens is 1. The average molecular weight is 357 g/mol. The van der Waals surface area contributed by atoms with Gasteiger partial charge in [-0.25, -0.2) is 4.39 Å². The standard InChI is InChI=1S/C19H24FN5O/c20-15-1-3-16(4-2-15)24-9-11-25(12-10-24)19(26)17-13-22-23-18(17)14-5-7-21-8-6-14/h1-4,13-14,21H,5-12H2,(H,22,23). The highest BCUT2D eigenvalue weighted by atomic mass is 19.1. The van der Waals surface area contributed by atoms with E-state index in [9.17, 15) is 9.18 Å². The third-order valence-corrected chi connectivity index (χ3v) is 5.41. The van der Waals surface area contributed by atoms with Crippen LogP contribution in [0.5, 0.6) is 0 Å².